The predicted octanol–water partition coefficient (Wildman–Crippen LogP) is 0.478. The van der Waals surface area contributed by atoms with Crippen LogP contribution in [0.15, 0.2) is 34.7 Å². The molecule has 0 aliphatic carbocycles. The van der Waals surface area contributed by atoms with E-state index in [1.165, 1.54) is 6.21 Å². The van der Waals surface area contributed by atoms with Crippen LogP contribution in [0.5, 0.6) is 0 Å². The standard InChI is InChI=1S/C11H10N4O3S/c16-9(17)5-8-10(18)14-11(19-8)15-13-6-7-1-3-12-4-2-7/h1-4,6,8H,5H2,(H,16,17)(H,14,15,18)/b13-6-/t8-/m0/s1. The smallest absolute Gasteiger partial charge is 0.305 e. The lowest BCUT2D eigenvalue weighted by Gasteiger charge is -1.97. The number of nitrogens with zero attached hydrogens (tertiary/aromatic N) is 3. The van der Waals surface area contributed by atoms with Crippen LogP contribution in [0.3, 0.4) is 0 Å². The molecule has 1 aromatic heterocycles. The van der Waals surface area contributed by atoms with Gasteiger partial charge >= 0.3 is 5.97 Å². The van der Waals surface area contributed by atoms with Gasteiger partial charge < -0.3 is 10.4 Å². The molecule has 0 unspecified atom stereocenters. The number of aromatic nitrogens is 1. The first kappa shape index (κ1) is 13.2. The van der Waals surface area contributed by atoms with Gasteiger partial charge in [0.1, 0.15) is 5.25 Å². The molecule has 0 aromatic carbocycles. The van der Waals surface area contributed by atoms with Crippen LogP contribution < -0.4 is 5.32 Å². The molecule has 1 atom stereocenters. The van der Waals surface area contributed by atoms with E-state index in [9.17, 15) is 9.59 Å². The Morgan fingerprint density at radius 3 is 2.95 bits per heavy atom. The largest absolute Gasteiger partial charge is 0.481 e. The minimum Gasteiger partial charge on any atom is -0.481 e. The molecule has 1 aromatic rings. The third-order valence-electron chi connectivity index (χ3n) is 2.20. The van der Waals surface area contributed by atoms with E-state index in [0.717, 1.165) is 17.3 Å². The first-order chi connectivity index (χ1) is 9.15. The van der Waals surface area contributed by atoms with Gasteiger partial charge in [-0.3, -0.25) is 14.6 Å². The van der Waals surface area contributed by atoms with Crippen molar-refractivity contribution in [2.45, 2.75) is 11.7 Å². The number of hydrogen-bond acceptors (Lipinski definition) is 6. The van der Waals surface area contributed by atoms with E-state index in [0.29, 0.717) is 5.17 Å². The predicted molar refractivity (Wildman–Crippen MR) is 71.0 cm³/mol. The summed E-state index contributed by atoms with van der Waals surface area (Å²) in [6.45, 7) is 0. The topological polar surface area (TPSA) is 104 Å². The molecule has 19 heavy (non-hydrogen) atoms. The van der Waals surface area contributed by atoms with Crippen molar-refractivity contribution < 1.29 is 14.7 Å². The fourth-order valence-electron chi connectivity index (χ4n) is 1.34. The Balaban J connectivity index is 1.96. The van der Waals surface area contributed by atoms with Crippen LogP contribution in [0.1, 0.15) is 12.0 Å². The lowest BCUT2D eigenvalue weighted by Crippen LogP contribution is -2.26. The molecule has 1 fully saturated rings. The number of amides is 1. The van der Waals surface area contributed by atoms with E-state index in [-0.39, 0.29) is 12.3 Å². The van der Waals surface area contributed by atoms with Crippen molar-refractivity contribution in [3.05, 3.63) is 30.1 Å². The van der Waals surface area contributed by atoms with E-state index in [4.69, 9.17) is 5.11 Å². The molecular weight excluding hydrogens is 268 g/mol. The van der Waals surface area contributed by atoms with Gasteiger partial charge in [0.25, 0.3) is 0 Å². The van der Waals surface area contributed by atoms with Gasteiger partial charge in [0, 0.05) is 12.4 Å². The van der Waals surface area contributed by atoms with Crippen LogP contribution in [0.4, 0.5) is 0 Å². The Kier molecular flexibility index (Phi) is 4.24. The van der Waals surface area contributed by atoms with Gasteiger partial charge in [-0.25, -0.2) is 0 Å². The van der Waals surface area contributed by atoms with Crippen LogP contribution >= 0.6 is 11.8 Å². The average molecular weight is 278 g/mol. The second kappa shape index (κ2) is 6.10. The fraction of sp³-hybridized carbons (Fsp3) is 0.182. The number of thioether (sulfide) groups is 1. The van der Waals surface area contributed by atoms with Gasteiger partial charge in [-0.15, -0.1) is 5.10 Å². The first-order valence-corrected chi connectivity index (χ1v) is 6.23. The molecule has 98 valence electrons. The Hall–Kier alpha value is -2.22. The molecule has 2 heterocycles. The van der Waals surface area contributed by atoms with E-state index >= 15 is 0 Å². The summed E-state index contributed by atoms with van der Waals surface area (Å²) in [5.74, 6) is -1.38. The van der Waals surface area contributed by atoms with Crippen LogP contribution in [0.25, 0.3) is 0 Å². The van der Waals surface area contributed by atoms with Crippen molar-refractivity contribution in [3.8, 4) is 0 Å². The molecule has 1 saturated heterocycles. The van der Waals surface area contributed by atoms with E-state index < -0.39 is 11.2 Å². The van der Waals surface area contributed by atoms with Gasteiger partial charge in [-0.2, -0.15) is 5.10 Å². The second-order valence-corrected chi connectivity index (χ2v) is 4.82. The van der Waals surface area contributed by atoms with Gasteiger partial charge in [0.2, 0.25) is 5.91 Å². The molecule has 2 N–H and O–H groups in total. The molecule has 0 spiro atoms. The van der Waals surface area contributed by atoms with Crippen molar-refractivity contribution in [2.75, 3.05) is 0 Å². The lowest BCUT2D eigenvalue weighted by atomic mass is 10.3. The van der Waals surface area contributed by atoms with Gasteiger partial charge in [0.15, 0.2) is 5.17 Å². The maximum atomic E-state index is 11.4. The second-order valence-electron chi connectivity index (χ2n) is 3.62. The van der Waals surface area contributed by atoms with Crippen molar-refractivity contribution in [1.29, 1.82) is 0 Å². The van der Waals surface area contributed by atoms with Crippen LogP contribution in [0.2, 0.25) is 0 Å². The Morgan fingerprint density at radius 1 is 1.53 bits per heavy atom. The normalized spacial score (nSPS) is 20.9. The Labute approximate surface area is 112 Å². The third-order valence-corrected chi connectivity index (χ3v) is 3.27. The number of aliphatic carboxylic acids is 1. The summed E-state index contributed by atoms with van der Waals surface area (Å²) in [4.78, 5) is 25.8. The zero-order valence-corrected chi connectivity index (χ0v) is 10.5. The molecule has 7 nitrogen and oxygen atoms in total. The lowest BCUT2D eigenvalue weighted by molar-refractivity contribution is -0.138. The summed E-state index contributed by atoms with van der Waals surface area (Å²) < 4.78 is 0. The highest BCUT2D eigenvalue weighted by atomic mass is 32.2. The summed E-state index contributed by atoms with van der Waals surface area (Å²) in [5, 5.41) is 18.4. The zero-order valence-electron chi connectivity index (χ0n) is 9.68. The molecule has 2 rings (SSSR count). The molecule has 0 saturated carbocycles. The zero-order chi connectivity index (χ0) is 13.7. The molecule has 0 bridgehead atoms. The number of hydrogen-bond donors (Lipinski definition) is 2. The Bertz CT molecular complexity index is 544. The summed E-state index contributed by atoms with van der Waals surface area (Å²) in [7, 11) is 0. The van der Waals surface area contributed by atoms with E-state index in [2.05, 4.69) is 20.5 Å². The minimum absolute atomic E-state index is 0.233. The minimum atomic E-state index is -1.02. The van der Waals surface area contributed by atoms with E-state index in [1.807, 2.05) is 0 Å². The number of carbonyl (C=O) groups excluding carboxylic acids is 1. The maximum absolute atomic E-state index is 11.4. The van der Waals surface area contributed by atoms with Crippen molar-refractivity contribution >= 4 is 35.0 Å². The number of carbonyl (C=O) groups is 2. The molecule has 0 radical (unpaired) electrons. The van der Waals surface area contributed by atoms with E-state index in [1.54, 1.807) is 24.5 Å². The van der Waals surface area contributed by atoms with Crippen LogP contribution in [0, 0.1) is 0 Å². The average Bonchev–Trinajstić information content (AvgIpc) is 2.70. The fourth-order valence-corrected chi connectivity index (χ4v) is 2.26. The molecular formula is C11H10N4O3S. The van der Waals surface area contributed by atoms with Crippen molar-refractivity contribution in [3.63, 3.8) is 0 Å². The molecule has 1 aliphatic heterocycles. The number of rotatable bonds is 4. The molecule has 1 amide bonds. The molecule has 1 aliphatic rings. The molecule has 8 heteroatoms. The van der Waals surface area contributed by atoms with Crippen molar-refractivity contribution in [1.82, 2.24) is 10.3 Å². The first-order valence-electron chi connectivity index (χ1n) is 5.35. The highest BCUT2D eigenvalue weighted by Crippen LogP contribution is 2.22. The number of carboxylic acids is 1. The SMILES string of the molecule is O=C(O)C[C@@H]1S/C(=N/N=C\c2ccncc2)NC1=O. The maximum Gasteiger partial charge on any atom is 0.305 e. The summed E-state index contributed by atoms with van der Waals surface area (Å²) in [6.07, 6.45) is 4.54. The highest BCUT2D eigenvalue weighted by molar-refractivity contribution is 8.15. The Morgan fingerprint density at radius 2 is 2.26 bits per heavy atom. The third kappa shape index (κ3) is 3.88. The monoisotopic (exact) mass is 278 g/mol. The summed E-state index contributed by atoms with van der Waals surface area (Å²) in [6, 6.07) is 3.52. The number of nitrogens with one attached hydrogen (secondary N) is 1. The van der Waals surface area contributed by atoms with Crippen molar-refractivity contribution in [2.24, 2.45) is 10.2 Å². The summed E-state index contributed by atoms with van der Waals surface area (Å²) >= 11 is 1.06. The summed E-state index contributed by atoms with van der Waals surface area (Å²) in [5.41, 5.74) is 0.829. The van der Waals surface area contributed by atoms with Crippen LogP contribution in [-0.4, -0.2) is 38.6 Å². The van der Waals surface area contributed by atoms with Gasteiger partial charge in [-0.05, 0) is 17.7 Å². The number of pyridine rings is 1. The number of carboxylic acid groups (broad SMARTS) is 1. The van der Waals surface area contributed by atoms with Crippen LogP contribution in [-0.2, 0) is 9.59 Å². The number of amidine groups is 1. The van der Waals surface area contributed by atoms with Gasteiger partial charge in [0.05, 0.1) is 12.6 Å². The highest BCUT2D eigenvalue weighted by Gasteiger charge is 2.32. The van der Waals surface area contributed by atoms with Gasteiger partial charge in [-0.1, -0.05) is 11.8 Å². The quantitative estimate of drug-likeness (QED) is 0.615.